The molecule has 0 radical (unpaired) electrons. The molecule has 1 atom stereocenters. The summed E-state index contributed by atoms with van der Waals surface area (Å²) in [6, 6.07) is 5.80. The Balaban J connectivity index is 1.93. The van der Waals surface area contributed by atoms with Crippen LogP contribution in [-0.4, -0.2) is 37.5 Å². The lowest BCUT2D eigenvalue weighted by Crippen LogP contribution is -2.30. The number of nitrogens with one attached hydrogen (secondary N) is 1. The van der Waals surface area contributed by atoms with E-state index in [1.54, 1.807) is 0 Å². The van der Waals surface area contributed by atoms with Crippen molar-refractivity contribution in [1.82, 2.24) is 10.2 Å². The van der Waals surface area contributed by atoms with Gasteiger partial charge in [0.25, 0.3) is 5.91 Å². The maximum atomic E-state index is 12.1. The Morgan fingerprint density at radius 2 is 2.39 bits per heavy atom. The van der Waals surface area contributed by atoms with E-state index in [4.69, 9.17) is 0 Å². The number of hydrogen-bond donors (Lipinski definition) is 1. The van der Waals surface area contributed by atoms with Gasteiger partial charge in [-0.1, -0.05) is 0 Å². The van der Waals surface area contributed by atoms with Crippen LogP contribution in [0.5, 0.6) is 0 Å². The Morgan fingerprint density at radius 3 is 3.06 bits per heavy atom. The zero-order chi connectivity index (χ0) is 13.1. The van der Waals surface area contributed by atoms with Crippen LogP contribution < -0.4 is 5.32 Å². The average Bonchev–Trinajstić information content (AvgIpc) is 2.75. The zero-order valence-corrected chi connectivity index (χ0v) is 14.0. The first-order valence-corrected chi connectivity index (χ1v) is 7.85. The molecule has 3 nitrogen and oxygen atoms in total. The maximum absolute atomic E-state index is 12.1. The van der Waals surface area contributed by atoms with Crippen molar-refractivity contribution >= 4 is 44.4 Å². The monoisotopic (exact) mass is 422 g/mol. The number of nitrogens with zero attached hydrogens (tertiary/aromatic N) is 1. The van der Waals surface area contributed by atoms with Crippen molar-refractivity contribution < 1.29 is 4.79 Å². The van der Waals surface area contributed by atoms with Crippen LogP contribution in [0.3, 0.4) is 0 Å². The molecule has 1 unspecified atom stereocenters. The zero-order valence-electron chi connectivity index (χ0n) is 10.2. The molecule has 1 aromatic carbocycles. The molecule has 1 amide bonds. The molecular formula is C13H16BrIN2O. The highest BCUT2D eigenvalue weighted by Gasteiger charge is 2.20. The van der Waals surface area contributed by atoms with Gasteiger partial charge in [-0.15, -0.1) is 0 Å². The highest BCUT2D eigenvalue weighted by Crippen LogP contribution is 2.20. The van der Waals surface area contributed by atoms with Crippen LogP contribution in [-0.2, 0) is 0 Å². The van der Waals surface area contributed by atoms with Crippen LogP contribution in [0.1, 0.15) is 16.8 Å². The highest BCUT2D eigenvalue weighted by molar-refractivity contribution is 14.1. The van der Waals surface area contributed by atoms with Gasteiger partial charge in [0.05, 0.1) is 5.56 Å². The fraction of sp³-hybridized carbons (Fsp3) is 0.462. The molecule has 0 aliphatic carbocycles. The van der Waals surface area contributed by atoms with Crippen LogP contribution in [0.4, 0.5) is 0 Å². The number of amides is 1. The molecule has 0 aromatic heterocycles. The lowest BCUT2D eigenvalue weighted by Gasteiger charge is -2.12. The van der Waals surface area contributed by atoms with Crippen molar-refractivity contribution in [2.45, 2.75) is 6.42 Å². The fourth-order valence-electron chi connectivity index (χ4n) is 2.20. The molecule has 98 valence electrons. The van der Waals surface area contributed by atoms with Gasteiger partial charge >= 0.3 is 0 Å². The minimum atomic E-state index is 0.00921. The standard InChI is InChI=1S/C13H16BrIN2O/c1-17-5-4-9(8-17)7-16-13(18)11-6-10(15)2-3-12(11)14/h2-3,6,9H,4-5,7-8H2,1H3,(H,16,18). The quantitative estimate of drug-likeness (QED) is 0.759. The molecule has 1 N–H and O–H groups in total. The number of likely N-dealkylation sites (tertiary alicyclic amines) is 1. The summed E-state index contributed by atoms with van der Waals surface area (Å²) >= 11 is 5.64. The van der Waals surface area contributed by atoms with Gasteiger partial charge in [-0.05, 0) is 82.7 Å². The van der Waals surface area contributed by atoms with Crippen LogP contribution in [0.15, 0.2) is 22.7 Å². The smallest absolute Gasteiger partial charge is 0.252 e. The molecule has 0 spiro atoms. The molecule has 1 aromatic rings. The van der Waals surface area contributed by atoms with Crippen molar-refractivity contribution in [2.75, 3.05) is 26.7 Å². The Hall–Kier alpha value is -0.140. The normalized spacial score (nSPS) is 20.1. The predicted molar refractivity (Wildman–Crippen MR) is 84.8 cm³/mol. The van der Waals surface area contributed by atoms with Crippen LogP contribution in [0.2, 0.25) is 0 Å². The van der Waals surface area contributed by atoms with Crippen molar-refractivity contribution in [3.05, 3.63) is 31.8 Å². The number of rotatable bonds is 3. The summed E-state index contributed by atoms with van der Waals surface area (Å²) in [4.78, 5) is 14.4. The summed E-state index contributed by atoms with van der Waals surface area (Å²) in [6.45, 7) is 2.97. The van der Waals surface area contributed by atoms with Crippen molar-refractivity contribution in [3.8, 4) is 0 Å². The van der Waals surface area contributed by atoms with Crippen LogP contribution in [0, 0.1) is 9.49 Å². The molecule has 2 rings (SSSR count). The van der Waals surface area contributed by atoms with Crippen molar-refractivity contribution in [2.24, 2.45) is 5.92 Å². The van der Waals surface area contributed by atoms with Gasteiger partial charge < -0.3 is 10.2 Å². The Kier molecular flexibility index (Phi) is 5.03. The summed E-state index contributed by atoms with van der Waals surface area (Å²) < 4.78 is 1.92. The summed E-state index contributed by atoms with van der Waals surface area (Å²) in [5.74, 6) is 0.593. The Morgan fingerprint density at radius 1 is 1.61 bits per heavy atom. The van der Waals surface area contributed by atoms with Crippen LogP contribution in [0.25, 0.3) is 0 Å². The number of carbonyl (C=O) groups is 1. The number of hydrogen-bond acceptors (Lipinski definition) is 2. The third-order valence-corrected chi connectivity index (χ3v) is 4.58. The second-order valence-corrected chi connectivity index (χ2v) is 6.85. The molecule has 1 aliphatic heterocycles. The summed E-state index contributed by atoms with van der Waals surface area (Å²) in [5.41, 5.74) is 0.716. The first-order valence-electron chi connectivity index (χ1n) is 5.98. The molecular weight excluding hydrogens is 407 g/mol. The molecule has 1 aliphatic rings. The molecule has 1 saturated heterocycles. The number of carbonyl (C=O) groups excluding carboxylic acids is 1. The minimum Gasteiger partial charge on any atom is -0.352 e. The largest absolute Gasteiger partial charge is 0.352 e. The molecule has 5 heteroatoms. The van der Waals surface area contributed by atoms with E-state index in [9.17, 15) is 4.79 Å². The number of benzene rings is 1. The van der Waals surface area contributed by atoms with E-state index in [0.717, 1.165) is 27.7 Å². The minimum absolute atomic E-state index is 0.00921. The first-order chi connectivity index (χ1) is 8.56. The lowest BCUT2D eigenvalue weighted by molar-refractivity contribution is 0.0946. The van der Waals surface area contributed by atoms with Gasteiger partial charge in [-0.25, -0.2) is 0 Å². The Labute approximate surface area is 130 Å². The lowest BCUT2D eigenvalue weighted by atomic mass is 10.1. The van der Waals surface area contributed by atoms with Gasteiger partial charge in [0, 0.05) is 21.1 Å². The van der Waals surface area contributed by atoms with Crippen molar-refractivity contribution in [1.29, 1.82) is 0 Å². The topological polar surface area (TPSA) is 32.3 Å². The van der Waals surface area contributed by atoms with E-state index in [0.29, 0.717) is 11.5 Å². The van der Waals surface area contributed by atoms with Gasteiger partial charge in [-0.2, -0.15) is 0 Å². The molecule has 18 heavy (non-hydrogen) atoms. The van der Waals surface area contributed by atoms with E-state index in [-0.39, 0.29) is 5.91 Å². The van der Waals surface area contributed by atoms with Crippen LogP contribution >= 0.6 is 38.5 Å². The van der Waals surface area contributed by atoms with Gasteiger partial charge in [0.2, 0.25) is 0 Å². The van der Waals surface area contributed by atoms with E-state index in [2.05, 4.69) is 55.8 Å². The second-order valence-electron chi connectivity index (χ2n) is 4.75. The van der Waals surface area contributed by atoms with Gasteiger partial charge in [-0.3, -0.25) is 4.79 Å². The molecule has 0 bridgehead atoms. The predicted octanol–water partition coefficient (Wildman–Crippen LogP) is 2.74. The van der Waals surface area contributed by atoms with Gasteiger partial charge in [0.15, 0.2) is 0 Å². The Bertz CT molecular complexity index is 453. The van der Waals surface area contributed by atoms with E-state index < -0.39 is 0 Å². The second kappa shape index (κ2) is 6.34. The first kappa shape index (κ1) is 14.3. The molecule has 1 fully saturated rings. The van der Waals surface area contributed by atoms with Gasteiger partial charge in [0.1, 0.15) is 0 Å². The summed E-state index contributed by atoms with van der Waals surface area (Å²) in [7, 11) is 2.12. The van der Waals surface area contributed by atoms with Crippen molar-refractivity contribution in [3.63, 3.8) is 0 Å². The van der Waals surface area contributed by atoms with E-state index >= 15 is 0 Å². The fourth-order valence-corrected chi connectivity index (χ4v) is 3.11. The van der Waals surface area contributed by atoms with E-state index in [1.165, 1.54) is 6.42 Å². The molecule has 0 saturated carbocycles. The number of halogens is 2. The highest BCUT2D eigenvalue weighted by atomic mass is 127. The maximum Gasteiger partial charge on any atom is 0.252 e. The third kappa shape index (κ3) is 3.68. The molecule has 1 heterocycles. The summed E-state index contributed by atoms with van der Waals surface area (Å²) in [5, 5.41) is 3.03. The summed E-state index contributed by atoms with van der Waals surface area (Å²) in [6.07, 6.45) is 1.17. The van der Waals surface area contributed by atoms with E-state index in [1.807, 2.05) is 18.2 Å². The average molecular weight is 423 g/mol. The third-order valence-electron chi connectivity index (χ3n) is 3.21. The SMILES string of the molecule is CN1CCC(CNC(=O)c2cc(I)ccc2Br)C1.